The van der Waals surface area contributed by atoms with E-state index in [9.17, 15) is 9.59 Å². The van der Waals surface area contributed by atoms with Gasteiger partial charge < -0.3 is 14.8 Å². The summed E-state index contributed by atoms with van der Waals surface area (Å²) in [7, 11) is 1.56. The number of carbonyl (C=O) groups excluding carboxylic acids is 2. The molecule has 0 atom stereocenters. The Morgan fingerprint density at radius 2 is 2.17 bits per heavy atom. The number of nitrogens with one attached hydrogen (secondary N) is 2. The van der Waals surface area contributed by atoms with Gasteiger partial charge in [0.2, 0.25) is 0 Å². The molecule has 1 rings (SSSR count). The van der Waals surface area contributed by atoms with E-state index in [1.165, 1.54) is 6.21 Å². The van der Waals surface area contributed by atoms with Crippen molar-refractivity contribution in [2.75, 3.05) is 26.9 Å². The van der Waals surface area contributed by atoms with Gasteiger partial charge in [-0.2, -0.15) is 5.10 Å². The lowest BCUT2D eigenvalue weighted by molar-refractivity contribution is -0.139. The summed E-state index contributed by atoms with van der Waals surface area (Å²) in [6.07, 6.45) is 3.57. The third kappa shape index (κ3) is 7.26. The van der Waals surface area contributed by atoms with E-state index < -0.39 is 11.8 Å². The molecule has 0 radical (unpaired) electrons. The maximum Gasteiger partial charge on any atom is 0.329 e. The molecule has 0 fully saturated rings. The summed E-state index contributed by atoms with van der Waals surface area (Å²) in [6, 6.07) is 4.97. The minimum Gasteiger partial charge on any atom is -0.489 e. The molecule has 0 aromatic heterocycles. The van der Waals surface area contributed by atoms with Crippen molar-refractivity contribution >= 4 is 29.6 Å². The van der Waals surface area contributed by atoms with Crippen LogP contribution in [0.2, 0.25) is 5.02 Å². The number of ether oxygens (including phenoxy) is 2. The maximum atomic E-state index is 11.6. The summed E-state index contributed by atoms with van der Waals surface area (Å²) in [5, 5.41) is 6.69. The van der Waals surface area contributed by atoms with Crippen molar-refractivity contribution in [3.63, 3.8) is 0 Å². The minimum absolute atomic E-state index is 0.318. The Kier molecular flexibility index (Phi) is 9.18. The van der Waals surface area contributed by atoms with Crippen LogP contribution in [-0.2, 0) is 14.3 Å². The summed E-state index contributed by atoms with van der Waals surface area (Å²) in [6.45, 7) is 4.74. The van der Waals surface area contributed by atoms with E-state index >= 15 is 0 Å². The van der Waals surface area contributed by atoms with E-state index in [1.54, 1.807) is 31.4 Å². The van der Waals surface area contributed by atoms with E-state index in [2.05, 4.69) is 22.4 Å². The number of methoxy groups -OCH3 is 1. The number of nitrogens with zero attached hydrogens (tertiary/aromatic N) is 1. The molecule has 0 heterocycles. The molecule has 2 N–H and O–H groups in total. The molecule has 0 saturated heterocycles. The van der Waals surface area contributed by atoms with Crippen LogP contribution < -0.4 is 15.5 Å². The number of hydrogen-bond acceptors (Lipinski definition) is 5. The number of benzene rings is 1. The first-order chi connectivity index (χ1) is 11.6. The predicted molar refractivity (Wildman–Crippen MR) is 92.4 cm³/mol. The number of rotatable bonds is 9. The molecule has 0 aliphatic rings. The molecule has 0 saturated carbocycles. The van der Waals surface area contributed by atoms with Gasteiger partial charge in [-0.05, 0) is 24.6 Å². The van der Waals surface area contributed by atoms with Crippen molar-refractivity contribution in [2.24, 2.45) is 5.10 Å². The van der Waals surface area contributed by atoms with Crippen molar-refractivity contribution in [3.8, 4) is 5.75 Å². The fraction of sp³-hybridized carbons (Fsp3) is 0.312. The summed E-state index contributed by atoms with van der Waals surface area (Å²) in [4.78, 5) is 23.1. The fourth-order valence-corrected chi connectivity index (χ4v) is 1.79. The molecule has 7 nitrogen and oxygen atoms in total. The lowest BCUT2D eigenvalue weighted by Gasteiger charge is -2.07. The zero-order valence-corrected chi connectivity index (χ0v) is 14.1. The van der Waals surface area contributed by atoms with E-state index in [0.717, 1.165) is 0 Å². The Hall–Kier alpha value is -2.38. The quantitative estimate of drug-likeness (QED) is 0.231. The van der Waals surface area contributed by atoms with Crippen LogP contribution in [0.25, 0.3) is 0 Å². The maximum absolute atomic E-state index is 11.6. The average molecular weight is 354 g/mol. The van der Waals surface area contributed by atoms with Crippen molar-refractivity contribution in [2.45, 2.75) is 6.42 Å². The summed E-state index contributed by atoms with van der Waals surface area (Å²) in [5.74, 6) is -1.10. The summed E-state index contributed by atoms with van der Waals surface area (Å²) < 4.78 is 10.3. The summed E-state index contributed by atoms with van der Waals surface area (Å²) >= 11 is 5.93. The molecule has 1 aromatic rings. The molecule has 0 aliphatic heterocycles. The second kappa shape index (κ2) is 11.2. The predicted octanol–water partition coefficient (Wildman–Crippen LogP) is 1.51. The molecular weight excluding hydrogens is 334 g/mol. The van der Waals surface area contributed by atoms with Crippen LogP contribution in [0.15, 0.2) is 36.0 Å². The SMILES string of the molecule is C=CCOc1ccc(Cl)cc1/C=N\NC(=O)C(=O)NCCCOC. The van der Waals surface area contributed by atoms with Gasteiger partial charge in [0.1, 0.15) is 12.4 Å². The van der Waals surface area contributed by atoms with Crippen LogP contribution in [0.5, 0.6) is 5.75 Å². The zero-order chi connectivity index (χ0) is 17.8. The smallest absolute Gasteiger partial charge is 0.329 e. The van der Waals surface area contributed by atoms with Gasteiger partial charge >= 0.3 is 11.8 Å². The topological polar surface area (TPSA) is 89.0 Å². The first-order valence-corrected chi connectivity index (χ1v) is 7.59. The van der Waals surface area contributed by atoms with Gasteiger partial charge in [0.05, 0.1) is 6.21 Å². The number of amides is 2. The Bertz CT molecular complexity index is 605. The third-order valence-corrected chi connectivity index (χ3v) is 2.95. The van der Waals surface area contributed by atoms with Gasteiger partial charge in [-0.15, -0.1) is 0 Å². The number of carbonyl (C=O) groups is 2. The Labute approximate surface area is 145 Å². The molecule has 2 amide bonds. The van der Waals surface area contributed by atoms with E-state index in [-0.39, 0.29) is 0 Å². The van der Waals surface area contributed by atoms with Crippen LogP contribution in [-0.4, -0.2) is 44.9 Å². The molecule has 1 aromatic carbocycles. The Balaban J connectivity index is 2.56. The van der Waals surface area contributed by atoms with Gasteiger partial charge in [0.25, 0.3) is 0 Å². The third-order valence-electron chi connectivity index (χ3n) is 2.72. The lowest BCUT2D eigenvalue weighted by atomic mass is 10.2. The molecule has 0 aliphatic carbocycles. The highest BCUT2D eigenvalue weighted by Gasteiger charge is 2.11. The molecule has 130 valence electrons. The molecular formula is C16H20ClN3O4. The highest BCUT2D eigenvalue weighted by atomic mass is 35.5. The lowest BCUT2D eigenvalue weighted by Crippen LogP contribution is -2.38. The first kappa shape index (κ1) is 19.7. The number of hydrogen-bond donors (Lipinski definition) is 2. The second-order valence-electron chi connectivity index (χ2n) is 4.58. The minimum atomic E-state index is -0.862. The molecule has 8 heteroatoms. The van der Waals surface area contributed by atoms with Gasteiger partial charge in [-0.3, -0.25) is 9.59 Å². The highest BCUT2D eigenvalue weighted by Crippen LogP contribution is 2.21. The monoisotopic (exact) mass is 353 g/mol. The van der Waals surface area contributed by atoms with E-state index in [0.29, 0.717) is 42.5 Å². The molecule has 0 spiro atoms. The van der Waals surface area contributed by atoms with Gasteiger partial charge in [0.15, 0.2) is 0 Å². The largest absolute Gasteiger partial charge is 0.489 e. The first-order valence-electron chi connectivity index (χ1n) is 7.22. The zero-order valence-electron chi connectivity index (χ0n) is 13.4. The van der Waals surface area contributed by atoms with Crippen LogP contribution in [0.1, 0.15) is 12.0 Å². The number of hydrazone groups is 1. The van der Waals surface area contributed by atoms with Gasteiger partial charge in [-0.25, -0.2) is 5.43 Å². The fourth-order valence-electron chi connectivity index (χ4n) is 1.61. The van der Waals surface area contributed by atoms with Crippen molar-refractivity contribution in [3.05, 3.63) is 41.4 Å². The molecule has 0 bridgehead atoms. The number of halogens is 1. The second-order valence-corrected chi connectivity index (χ2v) is 5.02. The molecule has 24 heavy (non-hydrogen) atoms. The van der Waals surface area contributed by atoms with Crippen LogP contribution in [0, 0.1) is 0 Å². The highest BCUT2D eigenvalue weighted by molar-refractivity contribution is 6.35. The van der Waals surface area contributed by atoms with Crippen LogP contribution in [0.4, 0.5) is 0 Å². The Morgan fingerprint density at radius 1 is 1.38 bits per heavy atom. The Morgan fingerprint density at radius 3 is 2.88 bits per heavy atom. The van der Waals surface area contributed by atoms with Crippen LogP contribution in [0.3, 0.4) is 0 Å². The van der Waals surface area contributed by atoms with Gasteiger partial charge in [0, 0.05) is 30.8 Å². The summed E-state index contributed by atoms with van der Waals surface area (Å²) in [5.41, 5.74) is 2.70. The average Bonchev–Trinajstić information content (AvgIpc) is 2.57. The molecule has 0 unspecified atom stereocenters. The van der Waals surface area contributed by atoms with Crippen molar-refractivity contribution < 1.29 is 19.1 Å². The standard InChI is InChI=1S/C16H20ClN3O4/c1-3-8-24-14-6-5-13(17)10-12(14)11-19-20-16(22)15(21)18-7-4-9-23-2/h3,5-6,10-11H,1,4,7-9H2,2H3,(H,18,21)(H,20,22)/b19-11-. The van der Waals surface area contributed by atoms with Crippen molar-refractivity contribution in [1.29, 1.82) is 0 Å². The van der Waals surface area contributed by atoms with Crippen molar-refractivity contribution in [1.82, 2.24) is 10.7 Å². The van der Waals surface area contributed by atoms with Gasteiger partial charge in [-0.1, -0.05) is 24.3 Å². The van der Waals surface area contributed by atoms with E-state index in [1.807, 2.05) is 0 Å². The normalized spacial score (nSPS) is 10.4. The van der Waals surface area contributed by atoms with E-state index in [4.69, 9.17) is 21.1 Å². The van der Waals surface area contributed by atoms with Crippen LogP contribution >= 0.6 is 11.6 Å².